The fraction of sp³-hybridized carbons (Fsp3) is 0.700. The predicted octanol–water partition coefficient (Wildman–Crippen LogP) is 1.36. The minimum Gasteiger partial charge on any atom is -0.480 e. The van der Waals surface area contributed by atoms with E-state index < -0.39 is 11.4 Å². The van der Waals surface area contributed by atoms with Crippen LogP contribution in [0.5, 0.6) is 0 Å². The number of carboxylic acid groups (broad SMARTS) is 1. The molecule has 0 bridgehead atoms. The lowest BCUT2D eigenvalue weighted by Gasteiger charge is -2.20. The lowest BCUT2D eigenvalue weighted by Crippen LogP contribution is -2.36. The smallest absolute Gasteiger partial charge is 0.317 e. The van der Waals surface area contributed by atoms with Crippen LogP contribution in [0.2, 0.25) is 0 Å². The van der Waals surface area contributed by atoms with Gasteiger partial charge in [-0.05, 0) is 19.3 Å². The molecule has 2 atom stereocenters. The Morgan fingerprint density at radius 3 is 2.79 bits per heavy atom. The molecule has 1 N–H and O–H groups in total. The van der Waals surface area contributed by atoms with Crippen molar-refractivity contribution in [2.75, 3.05) is 0 Å². The van der Waals surface area contributed by atoms with Crippen molar-refractivity contribution in [3.8, 4) is 6.07 Å². The van der Waals surface area contributed by atoms with Gasteiger partial charge in [0.25, 0.3) is 0 Å². The number of hydrogen-bond donors (Lipinski definition) is 1. The van der Waals surface area contributed by atoms with E-state index in [2.05, 4.69) is 0 Å². The van der Waals surface area contributed by atoms with Crippen LogP contribution in [0.4, 0.5) is 0 Å². The zero-order valence-electron chi connectivity index (χ0n) is 8.12. The molecule has 0 aromatic heterocycles. The van der Waals surface area contributed by atoms with Gasteiger partial charge in [-0.25, -0.2) is 0 Å². The van der Waals surface area contributed by atoms with Crippen LogP contribution in [0.3, 0.4) is 0 Å². The maximum atomic E-state index is 11.7. The van der Waals surface area contributed by atoms with E-state index >= 15 is 0 Å². The van der Waals surface area contributed by atoms with E-state index in [9.17, 15) is 9.59 Å². The molecule has 1 aliphatic rings. The number of hydrogen-bond acceptors (Lipinski definition) is 3. The molecular formula is C10H13NO3. The summed E-state index contributed by atoms with van der Waals surface area (Å²) in [4.78, 5) is 22.7. The minimum atomic E-state index is -1.27. The summed E-state index contributed by atoms with van der Waals surface area (Å²) in [6.07, 6.45) is 1.29. The molecule has 0 radical (unpaired) electrons. The number of ketones is 1. The van der Waals surface area contributed by atoms with Crippen molar-refractivity contribution in [1.82, 2.24) is 0 Å². The molecule has 0 aliphatic heterocycles. The molecule has 4 heteroatoms. The third kappa shape index (κ3) is 1.50. The lowest BCUT2D eigenvalue weighted by atomic mass is 9.80. The first-order valence-electron chi connectivity index (χ1n) is 4.69. The van der Waals surface area contributed by atoms with E-state index in [0.29, 0.717) is 12.8 Å². The van der Waals surface area contributed by atoms with Gasteiger partial charge in [-0.1, -0.05) is 6.92 Å². The Kier molecular flexibility index (Phi) is 2.90. The van der Waals surface area contributed by atoms with Crippen LogP contribution in [-0.4, -0.2) is 16.9 Å². The van der Waals surface area contributed by atoms with Crippen molar-refractivity contribution in [3.05, 3.63) is 0 Å². The molecule has 0 aromatic rings. The van der Waals surface area contributed by atoms with Crippen molar-refractivity contribution < 1.29 is 14.7 Å². The maximum absolute atomic E-state index is 11.7. The van der Waals surface area contributed by atoms with Crippen LogP contribution in [-0.2, 0) is 9.59 Å². The molecule has 0 heterocycles. The summed E-state index contributed by atoms with van der Waals surface area (Å²) in [6, 6.07) is 1.89. The number of carboxylic acids is 1. The van der Waals surface area contributed by atoms with Crippen LogP contribution in [0.15, 0.2) is 0 Å². The van der Waals surface area contributed by atoms with Gasteiger partial charge in [-0.15, -0.1) is 0 Å². The first-order valence-corrected chi connectivity index (χ1v) is 4.69. The van der Waals surface area contributed by atoms with Gasteiger partial charge < -0.3 is 5.11 Å². The van der Waals surface area contributed by atoms with Crippen LogP contribution in [0.25, 0.3) is 0 Å². The summed E-state index contributed by atoms with van der Waals surface area (Å²) >= 11 is 0. The van der Waals surface area contributed by atoms with Gasteiger partial charge in [-0.3, -0.25) is 9.59 Å². The Labute approximate surface area is 82.5 Å². The zero-order valence-corrected chi connectivity index (χ0v) is 8.12. The first kappa shape index (κ1) is 10.7. The van der Waals surface area contributed by atoms with Gasteiger partial charge in [0.15, 0.2) is 5.78 Å². The highest BCUT2D eigenvalue weighted by atomic mass is 16.4. The standard InChI is InChI=1S/C10H13NO3/c1-7-3-5-10(8(7)12,9(13)14)4-2-6-11/h7H,2-5H2,1H3,(H,13,14)/t7-,10-/m0/s1. The summed E-state index contributed by atoms with van der Waals surface area (Å²) < 4.78 is 0. The molecular weight excluding hydrogens is 182 g/mol. The SMILES string of the molecule is C[C@H]1CC[C@](CCC#N)(C(=O)O)C1=O. The van der Waals surface area contributed by atoms with Crippen molar-refractivity contribution in [3.63, 3.8) is 0 Å². The molecule has 1 rings (SSSR count). The predicted molar refractivity (Wildman–Crippen MR) is 48.3 cm³/mol. The maximum Gasteiger partial charge on any atom is 0.317 e. The van der Waals surface area contributed by atoms with Crippen LogP contribution in [0.1, 0.15) is 32.6 Å². The Balaban J connectivity index is 2.89. The summed E-state index contributed by atoms with van der Waals surface area (Å²) in [7, 11) is 0. The quantitative estimate of drug-likeness (QED) is 0.689. The van der Waals surface area contributed by atoms with Crippen molar-refractivity contribution in [2.45, 2.75) is 32.6 Å². The van der Waals surface area contributed by atoms with Crippen LogP contribution >= 0.6 is 0 Å². The zero-order chi connectivity index (χ0) is 10.8. The fourth-order valence-corrected chi connectivity index (χ4v) is 2.03. The Bertz CT molecular complexity index is 305. The number of carbonyl (C=O) groups is 2. The second kappa shape index (κ2) is 3.79. The molecule has 0 saturated heterocycles. The molecule has 1 fully saturated rings. The van der Waals surface area contributed by atoms with Gasteiger partial charge in [0, 0.05) is 12.3 Å². The van der Waals surface area contributed by atoms with Crippen molar-refractivity contribution in [1.29, 1.82) is 5.26 Å². The lowest BCUT2D eigenvalue weighted by molar-refractivity contribution is -0.154. The van der Waals surface area contributed by atoms with Crippen LogP contribution in [0, 0.1) is 22.7 Å². The molecule has 14 heavy (non-hydrogen) atoms. The van der Waals surface area contributed by atoms with E-state index in [0.717, 1.165) is 0 Å². The molecule has 1 aliphatic carbocycles. The largest absolute Gasteiger partial charge is 0.480 e. The number of rotatable bonds is 3. The molecule has 0 amide bonds. The summed E-state index contributed by atoms with van der Waals surface area (Å²) in [5.74, 6) is -1.45. The highest BCUT2D eigenvalue weighted by molar-refractivity contribution is 6.05. The Hall–Kier alpha value is -1.37. The molecule has 1 saturated carbocycles. The summed E-state index contributed by atoms with van der Waals surface area (Å²) in [5, 5.41) is 17.5. The molecule has 0 unspecified atom stereocenters. The first-order chi connectivity index (χ1) is 6.54. The van der Waals surface area contributed by atoms with Gasteiger partial charge in [0.2, 0.25) is 0 Å². The third-order valence-electron chi connectivity index (χ3n) is 3.00. The molecule has 0 spiro atoms. The number of nitriles is 1. The monoisotopic (exact) mass is 195 g/mol. The van der Waals surface area contributed by atoms with Gasteiger partial charge in [-0.2, -0.15) is 5.26 Å². The molecule has 0 aromatic carbocycles. The number of aliphatic carboxylic acids is 1. The van der Waals surface area contributed by atoms with Crippen LogP contribution < -0.4 is 0 Å². The Morgan fingerprint density at radius 1 is 1.79 bits per heavy atom. The minimum absolute atomic E-state index is 0.130. The number of carbonyl (C=O) groups excluding carboxylic acids is 1. The highest BCUT2D eigenvalue weighted by Crippen LogP contribution is 2.42. The Morgan fingerprint density at radius 2 is 2.43 bits per heavy atom. The second-order valence-corrected chi connectivity index (χ2v) is 3.85. The van der Waals surface area contributed by atoms with Crippen molar-refractivity contribution in [2.24, 2.45) is 11.3 Å². The van der Waals surface area contributed by atoms with Gasteiger partial charge >= 0.3 is 5.97 Å². The summed E-state index contributed by atoms with van der Waals surface area (Å²) in [6.45, 7) is 1.75. The average Bonchev–Trinajstić information content (AvgIpc) is 2.43. The normalized spacial score (nSPS) is 31.4. The van der Waals surface area contributed by atoms with E-state index in [1.54, 1.807) is 6.92 Å². The van der Waals surface area contributed by atoms with E-state index in [1.165, 1.54) is 0 Å². The topological polar surface area (TPSA) is 78.2 Å². The second-order valence-electron chi connectivity index (χ2n) is 3.85. The summed E-state index contributed by atoms with van der Waals surface area (Å²) in [5.41, 5.74) is -1.27. The number of Topliss-reactive ketones (excluding diaryl/α,β-unsaturated/α-hetero) is 1. The van der Waals surface area contributed by atoms with E-state index in [-0.39, 0.29) is 24.5 Å². The van der Waals surface area contributed by atoms with E-state index in [1.807, 2.05) is 6.07 Å². The highest BCUT2D eigenvalue weighted by Gasteiger charge is 2.51. The molecule has 76 valence electrons. The van der Waals surface area contributed by atoms with Crippen molar-refractivity contribution >= 4 is 11.8 Å². The van der Waals surface area contributed by atoms with E-state index in [4.69, 9.17) is 10.4 Å². The molecule has 4 nitrogen and oxygen atoms in total. The van der Waals surface area contributed by atoms with Gasteiger partial charge in [0.05, 0.1) is 6.07 Å². The fourth-order valence-electron chi connectivity index (χ4n) is 2.03. The van der Waals surface area contributed by atoms with Gasteiger partial charge in [0.1, 0.15) is 5.41 Å². The number of nitrogens with zero attached hydrogens (tertiary/aromatic N) is 1. The average molecular weight is 195 g/mol. The third-order valence-corrected chi connectivity index (χ3v) is 3.00.